The Hall–Kier alpha value is 0.190. The molecule has 2 aliphatic rings. The van der Waals surface area contributed by atoms with Crippen molar-refractivity contribution in [1.82, 2.24) is 4.90 Å². The van der Waals surface area contributed by atoms with Gasteiger partial charge >= 0.3 is 0 Å². The van der Waals surface area contributed by atoms with Crippen molar-refractivity contribution in [3.63, 3.8) is 0 Å². The van der Waals surface area contributed by atoms with E-state index in [0.29, 0.717) is 18.3 Å². The molecular formula is C17H37N3OS. The van der Waals surface area contributed by atoms with E-state index >= 15 is 0 Å². The van der Waals surface area contributed by atoms with E-state index in [9.17, 15) is 5.11 Å². The van der Waals surface area contributed by atoms with E-state index in [1.165, 1.54) is 32.1 Å². The van der Waals surface area contributed by atoms with Crippen molar-refractivity contribution in [2.45, 2.75) is 70.6 Å². The number of aliphatic hydroxyl groups excluding tert-OH is 1. The summed E-state index contributed by atoms with van der Waals surface area (Å²) in [6, 6.07) is 0.294. The third-order valence-corrected chi connectivity index (χ3v) is 5.67. The van der Waals surface area contributed by atoms with Crippen LogP contribution in [-0.2, 0) is 0 Å². The highest BCUT2D eigenvalue weighted by atomic mass is 32.1. The standard InChI is InChI=1S/C15H31N3OS.C2H6/c16-6-5-13-7-11-3-1-2-4-12(11)8-18(13)9-15(19)14(17)10-20;1-2/h11-15,19-20H,1-10,16-17H2;1-2H3/t11?,12?,13-,14?,15?;/m1./s1. The van der Waals surface area contributed by atoms with Gasteiger partial charge in [0, 0.05) is 30.9 Å². The molecular weight excluding hydrogens is 294 g/mol. The highest BCUT2D eigenvalue weighted by Gasteiger charge is 2.37. The molecule has 22 heavy (non-hydrogen) atoms. The molecule has 2 fully saturated rings. The molecule has 132 valence electrons. The topological polar surface area (TPSA) is 75.5 Å². The zero-order valence-electron chi connectivity index (χ0n) is 14.5. The molecule has 5 heteroatoms. The minimum absolute atomic E-state index is 0.235. The highest BCUT2D eigenvalue weighted by Crippen LogP contribution is 2.39. The van der Waals surface area contributed by atoms with Crippen LogP contribution in [0, 0.1) is 11.8 Å². The van der Waals surface area contributed by atoms with Gasteiger partial charge in [0.1, 0.15) is 0 Å². The number of hydrogen-bond acceptors (Lipinski definition) is 5. The Balaban J connectivity index is 0.00000116. The molecule has 2 rings (SSSR count). The Morgan fingerprint density at radius 1 is 1.23 bits per heavy atom. The third kappa shape index (κ3) is 5.68. The van der Waals surface area contributed by atoms with Gasteiger partial charge in [0.2, 0.25) is 0 Å². The van der Waals surface area contributed by atoms with Gasteiger partial charge < -0.3 is 16.6 Å². The Morgan fingerprint density at radius 3 is 2.45 bits per heavy atom. The highest BCUT2D eigenvalue weighted by molar-refractivity contribution is 7.80. The van der Waals surface area contributed by atoms with Gasteiger partial charge in [-0.3, -0.25) is 4.90 Å². The SMILES string of the molecule is CC.NCC[C@@H]1CC2CCCCC2CN1CC(O)C(N)CS. The fraction of sp³-hybridized carbons (Fsp3) is 1.00. The molecule has 0 aromatic heterocycles. The zero-order valence-corrected chi connectivity index (χ0v) is 15.3. The third-order valence-electron chi connectivity index (χ3n) is 5.25. The molecule has 1 aliphatic heterocycles. The van der Waals surface area contributed by atoms with Crippen LogP contribution in [0.1, 0.15) is 52.4 Å². The molecule has 0 aromatic carbocycles. The number of piperidine rings is 1. The molecule has 0 amide bonds. The lowest BCUT2D eigenvalue weighted by Crippen LogP contribution is -2.54. The maximum Gasteiger partial charge on any atom is 0.0825 e. The first-order valence-corrected chi connectivity index (χ1v) is 9.77. The Labute approximate surface area is 142 Å². The summed E-state index contributed by atoms with van der Waals surface area (Å²) in [6.07, 6.45) is 7.31. The van der Waals surface area contributed by atoms with Crippen molar-refractivity contribution in [2.75, 3.05) is 25.4 Å². The number of hydrogen-bond donors (Lipinski definition) is 4. The molecule has 1 aliphatic carbocycles. The average Bonchev–Trinajstić information content (AvgIpc) is 2.56. The van der Waals surface area contributed by atoms with E-state index in [1.807, 2.05) is 13.8 Å². The summed E-state index contributed by atoms with van der Waals surface area (Å²) >= 11 is 4.19. The number of thiol groups is 1. The first kappa shape index (κ1) is 20.2. The number of nitrogens with zero attached hydrogens (tertiary/aromatic N) is 1. The monoisotopic (exact) mass is 331 g/mol. The molecule has 1 saturated heterocycles. The van der Waals surface area contributed by atoms with Gasteiger partial charge in [0.15, 0.2) is 0 Å². The average molecular weight is 332 g/mol. The van der Waals surface area contributed by atoms with E-state index in [2.05, 4.69) is 17.5 Å². The van der Waals surface area contributed by atoms with E-state index < -0.39 is 6.10 Å². The van der Waals surface area contributed by atoms with Crippen LogP contribution in [0.4, 0.5) is 0 Å². The summed E-state index contributed by atoms with van der Waals surface area (Å²) in [6.45, 7) is 6.52. The summed E-state index contributed by atoms with van der Waals surface area (Å²) < 4.78 is 0. The lowest BCUT2D eigenvalue weighted by Gasteiger charge is -2.47. The molecule has 5 N–H and O–H groups in total. The molecule has 0 radical (unpaired) electrons. The minimum Gasteiger partial charge on any atom is -0.390 e. The predicted octanol–water partition coefficient (Wildman–Crippen LogP) is 1.86. The Bertz CT molecular complexity index is 291. The number of rotatable bonds is 6. The fourth-order valence-electron chi connectivity index (χ4n) is 4.00. The van der Waals surface area contributed by atoms with Crippen LogP contribution >= 0.6 is 12.6 Å². The van der Waals surface area contributed by atoms with Crippen LogP contribution in [0.2, 0.25) is 0 Å². The van der Waals surface area contributed by atoms with Crippen molar-refractivity contribution < 1.29 is 5.11 Å². The number of likely N-dealkylation sites (tertiary alicyclic amines) is 1. The minimum atomic E-state index is -0.479. The predicted molar refractivity (Wildman–Crippen MR) is 98.3 cm³/mol. The van der Waals surface area contributed by atoms with Crippen LogP contribution in [0.3, 0.4) is 0 Å². The molecule has 0 bridgehead atoms. The fourth-order valence-corrected chi connectivity index (χ4v) is 4.24. The number of nitrogens with two attached hydrogens (primary N) is 2. The maximum absolute atomic E-state index is 10.2. The summed E-state index contributed by atoms with van der Waals surface area (Å²) in [5, 5.41) is 10.2. The largest absolute Gasteiger partial charge is 0.390 e. The molecule has 1 saturated carbocycles. The van der Waals surface area contributed by atoms with E-state index in [-0.39, 0.29) is 6.04 Å². The van der Waals surface area contributed by atoms with Crippen molar-refractivity contribution >= 4 is 12.6 Å². The lowest BCUT2D eigenvalue weighted by atomic mass is 9.72. The molecule has 4 nitrogen and oxygen atoms in total. The van der Waals surface area contributed by atoms with Gasteiger partial charge in [0.25, 0.3) is 0 Å². The first-order valence-electron chi connectivity index (χ1n) is 9.14. The first-order chi connectivity index (χ1) is 10.7. The quantitative estimate of drug-likeness (QED) is 0.561. The van der Waals surface area contributed by atoms with E-state index in [1.54, 1.807) is 0 Å². The maximum atomic E-state index is 10.2. The van der Waals surface area contributed by atoms with Crippen LogP contribution < -0.4 is 11.5 Å². The van der Waals surface area contributed by atoms with Crippen LogP contribution in [0.15, 0.2) is 0 Å². The normalized spacial score (nSPS) is 31.6. The molecule has 1 heterocycles. The van der Waals surface area contributed by atoms with Crippen molar-refractivity contribution in [2.24, 2.45) is 23.3 Å². The van der Waals surface area contributed by atoms with Crippen molar-refractivity contribution in [3.05, 3.63) is 0 Å². The van der Waals surface area contributed by atoms with Crippen LogP contribution in [0.25, 0.3) is 0 Å². The van der Waals surface area contributed by atoms with Crippen LogP contribution in [-0.4, -0.2) is 53.6 Å². The smallest absolute Gasteiger partial charge is 0.0825 e. The molecule has 5 atom stereocenters. The molecule has 0 aromatic rings. The molecule has 4 unspecified atom stereocenters. The summed E-state index contributed by atoms with van der Waals surface area (Å²) in [5.41, 5.74) is 11.7. The second-order valence-corrected chi connectivity index (χ2v) is 7.00. The number of β-amino-alcohol motifs (C(OH)–C–C–N with tert-alkyl or cyclic N) is 1. The van der Waals surface area contributed by atoms with Crippen molar-refractivity contribution in [1.29, 1.82) is 0 Å². The second kappa shape index (κ2) is 10.9. The van der Waals surface area contributed by atoms with Gasteiger partial charge in [-0.15, -0.1) is 0 Å². The van der Waals surface area contributed by atoms with Gasteiger partial charge in [0.05, 0.1) is 6.10 Å². The van der Waals surface area contributed by atoms with E-state index in [4.69, 9.17) is 11.5 Å². The zero-order chi connectivity index (χ0) is 16.5. The van der Waals surface area contributed by atoms with Gasteiger partial charge in [-0.25, -0.2) is 0 Å². The van der Waals surface area contributed by atoms with E-state index in [0.717, 1.165) is 31.3 Å². The van der Waals surface area contributed by atoms with Gasteiger partial charge in [-0.1, -0.05) is 33.1 Å². The lowest BCUT2D eigenvalue weighted by molar-refractivity contribution is 0.00115. The molecule has 0 spiro atoms. The van der Waals surface area contributed by atoms with Crippen LogP contribution in [0.5, 0.6) is 0 Å². The number of aliphatic hydroxyl groups is 1. The van der Waals surface area contributed by atoms with Gasteiger partial charge in [-0.2, -0.15) is 12.6 Å². The van der Waals surface area contributed by atoms with Gasteiger partial charge in [-0.05, 0) is 37.6 Å². The summed E-state index contributed by atoms with van der Waals surface area (Å²) in [5.74, 6) is 2.23. The summed E-state index contributed by atoms with van der Waals surface area (Å²) in [4.78, 5) is 2.45. The van der Waals surface area contributed by atoms with Crippen molar-refractivity contribution in [3.8, 4) is 0 Å². The Kier molecular flexibility index (Phi) is 10.00. The second-order valence-electron chi connectivity index (χ2n) is 6.64. The number of fused-ring (bicyclic) bond motifs is 1. The Morgan fingerprint density at radius 2 is 1.86 bits per heavy atom. The summed E-state index contributed by atoms with van der Waals surface area (Å²) in [7, 11) is 0.